The molecule has 0 aromatic heterocycles. The molecule has 2 aromatic carbocycles. The number of nitrogens with one attached hydrogen (secondary N) is 1. The lowest BCUT2D eigenvalue weighted by atomic mass is 10.1. The van der Waals surface area contributed by atoms with Gasteiger partial charge in [-0.2, -0.15) is 0 Å². The van der Waals surface area contributed by atoms with Gasteiger partial charge in [0.1, 0.15) is 5.57 Å². The molecular weight excluding hydrogens is 412 g/mol. The Balaban J connectivity index is 1.97. The highest BCUT2D eigenvalue weighted by Gasteiger charge is 2.34. The van der Waals surface area contributed by atoms with Gasteiger partial charge < -0.3 is 14.2 Å². The molecule has 0 aliphatic carbocycles. The van der Waals surface area contributed by atoms with Crippen molar-refractivity contribution in [3.63, 3.8) is 0 Å². The van der Waals surface area contributed by atoms with Crippen LogP contribution in [-0.2, 0) is 19.1 Å². The second-order valence-electron chi connectivity index (χ2n) is 6.10. The molecule has 2 aromatic rings. The third kappa shape index (κ3) is 4.55. The number of benzene rings is 2. The number of ether oxygens (including phenoxy) is 3. The predicted molar refractivity (Wildman–Crippen MR) is 110 cm³/mol. The van der Waals surface area contributed by atoms with Crippen LogP contribution in [0.5, 0.6) is 11.5 Å². The number of carbonyl (C=O) groups excluding carboxylic acids is 3. The van der Waals surface area contributed by atoms with Gasteiger partial charge in [-0.1, -0.05) is 29.8 Å². The first-order chi connectivity index (χ1) is 14.4. The number of hydrogen-bond donors (Lipinski definition) is 1. The number of methoxy groups -OCH3 is 1. The minimum absolute atomic E-state index is 0.121. The fraction of sp³-hybridized carbons (Fsp3) is 0.190. The molecule has 0 unspecified atom stereocenters. The molecule has 8 nitrogen and oxygen atoms in total. The second-order valence-corrected chi connectivity index (χ2v) is 6.53. The Labute approximate surface area is 177 Å². The van der Waals surface area contributed by atoms with Crippen molar-refractivity contribution in [2.45, 2.75) is 6.92 Å². The molecule has 0 atom stereocenters. The zero-order valence-corrected chi connectivity index (χ0v) is 17.1. The van der Waals surface area contributed by atoms with E-state index in [1.807, 2.05) is 0 Å². The van der Waals surface area contributed by atoms with Gasteiger partial charge in [-0.15, -0.1) is 0 Å². The number of halogens is 1. The highest BCUT2D eigenvalue weighted by atomic mass is 35.5. The largest absolute Gasteiger partial charge is 0.493 e. The molecule has 1 aliphatic rings. The smallest absolute Gasteiger partial charge is 0.344 e. The highest BCUT2D eigenvalue weighted by Crippen LogP contribution is 2.36. The van der Waals surface area contributed by atoms with Crippen molar-refractivity contribution in [1.82, 2.24) is 5.43 Å². The lowest BCUT2D eigenvalue weighted by Crippen LogP contribution is -2.35. The van der Waals surface area contributed by atoms with Crippen LogP contribution in [0, 0.1) is 0 Å². The molecule has 156 valence electrons. The molecule has 0 bridgehead atoms. The minimum Gasteiger partial charge on any atom is -0.493 e. The van der Waals surface area contributed by atoms with E-state index in [9.17, 15) is 14.4 Å². The number of hydrogen-bond acceptors (Lipinski definition) is 6. The summed E-state index contributed by atoms with van der Waals surface area (Å²) in [6.45, 7) is 1.51. The molecule has 1 saturated heterocycles. The van der Waals surface area contributed by atoms with Crippen LogP contribution in [0.2, 0.25) is 5.02 Å². The van der Waals surface area contributed by atoms with Crippen molar-refractivity contribution in [3.8, 4) is 11.5 Å². The number of para-hydroxylation sites is 1. The summed E-state index contributed by atoms with van der Waals surface area (Å²) in [5.41, 5.74) is 3.21. The molecule has 3 rings (SSSR count). The van der Waals surface area contributed by atoms with Gasteiger partial charge in [0.2, 0.25) is 0 Å². The molecule has 1 heterocycles. The van der Waals surface area contributed by atoms with E-state index in [0.717, 1.165) is 5.01 Å². The topological polar surface area (TPSA) is 94.2 Å². The molecule has 1 fully saturated rings. The summed E-state index contributed by atoms with van der Waals surface area (Å²) in [6, 6.07) is 11.7. The van der Waals surface area contributed by atoms with E-state index in [4.69, 9.17) is 25.8 Å². The summed E-state index contributed by atoms with van der Waals surface area (Å²) in [6.07, 6.45) is 1.34. The Morgan fingerprint density at radius 1 is 1.20 bits per heavy atom. The third-order valence-corrected chi connectivity index (χ3v) is 4.33. The van der Waals surface area contributed by atoms with Crippen molar-refractivity contribution in [1.29, 1.82) is 0 Å². The van der Waals surface area contributed by atoms with E-state index in [0.29, 0.717) is 16.3 Å². The maximum atomic E-state index is 12.8. The summed E-state index contributed by atoms with van der Waals surface area (Å²) in [7, 11) is 1.41. The highest BCUT2D eigenvalue weighted by molar-refractivity contribution is 6.32. The Kier molecular flexibility index (Phi) is 6.58. The van der Waals surface area contributed by atoms with E-state index in [-0.39, 0.29) is 30.3 Å². The first-order valence-electron chi connectivity index (χ1n) is 9.02. The summed E-state index contributed by atoms with van der Waals surface area (Å²) in [4.78, 5) is 37.0. The lowest BCUT2D eigenvalue weighted by molar-refractivity contribution is -0.145. The van der Waals surface area contributed by atoms with Crippen LogP contribution in [0.15, 0.2) is 48.0 Å². The second kappa shape index (κ2) is 9.32. The van der Waals surface area contributed by atoms with E-state index >= 15 is 0 Å². The molecule has 30 heavy (non-hydrogen) atoms. The van der Waals surface area contributed by atoms with Gasteiger partial charge >= 0.3 is 5.97 Å². The number of anilines is 1. The van der Waals surface area contributed by atoms with Crippen LogP contribution in [0.1, 0.15) is 12.5 Å². The molecule has 0 radical (unpaired) electrons. The van der Waals surface area contributed by atoms with Crippen molar-refractivity contribution in [2.24, 2.45) is 0 Å². The molecule has 0 saturated carbocycles. The predicted octanol–water partition coefficient (Wildman–Crippen LogP) is 2.75. The number of rotatable bonds is 7. The minimum atomic E-state index is -0.584. The fourth-order valence-corrected chi connectivity index (χ4v) is 3.02. The van der Waals surface area contributed by atoms with E-state index in [1.54, 1.807) is 37.3 Å². The van der Waals surface area contributed by atoms with Gasteiger partial charge in [0.25, 0.3) is 11.8 Å². The van der Waals surface area contributed by atoms with E-state index in [1.165, 1.54) is 25.3 Å². The zero-order valence-electron chi connectivity index (χ0n) is 16.3. The van der Waals surface area contributed by atoms with Crippen LogP contribution >= 0.6 is 11.6 Å². The van der Waals surface area contributed by atoms with Crippen molar-refractivity contribution in [3.05, 3.63) is 58.6 Å². The van der Waals surface area contributed by atoms with Gasteiger partial charge in [-0.25, -0.2) is 9.80 Å². The maximum Gasteiger partial charge on any atom is 0.344 e. The third-order valence-electron chi connectivity index (χ3n) is 4.11. The number of nitrogens with zero attached hydrogens (tertiary/aromatic N) is 1. The van der Waals surface area contributed by atoms with Gasteiger partial charge in [0.05, 0.1) is 19.4 Å². The van der Waals surface area contributed by atoms with Gasteiger partial charge in [-0.3, -0.25) is 15.0 Å². The van der Waals surface area contributed by atoms with Crippen LogP contribution in [-0.4, -0.2) is 38.1 Å². The van der Waals surface area contributed by atoms with E-state index in [2.05, 4.69) is 5.43 Å². The summed E-state index contributed by atoms with van der Waals surface area (Å²) in [5, 5.41) is 1.45. The van der Waals surface area contributed by atoms with Crippen molar-refractivity contribution >= 4 is 41.1 Å². The summed E-state index contributed by atoms with van der Waals surface area (Å²) < 4.78 is 15.7. The normalized spacial score (nSPS) is 14.6. The lowest BCUT2D eigenvalue weighted by Gasteiger charge is -2.14. The van der Waals surface area contributed by atoms with Crippen LogP contribution in [0.3, 0.4) is 0 Å². The molecule has 9 heteroatoms. The number of amides is 2. The monoisotopic (exact) mass is 430 g/mol. The number of esters is 1. The average molecular weight is 431 g/mol. The Morgan fingerprint density at radius 2 is 1.93 bits per heavy atom. The molecule has 1 N–H and O–H groups in total. The Bertz CT molecular complexity index is 1010. The first-order valence-corrected chi connectivity index (χ1v) is 9.40. The maximum absolute atomic E-state index is 12.8. The first kappa shape index (κ1) is 21.2. The van der Waals surface area contributed by atoms with Gasteiger partial charge in [0.15, 0.2) is 18.1 Å². The SMILES string of the molecule is CCOC(=O)COc1c(C=C2C(=O)NN(c3ccccc3)C2=O)cc(Cl)cc1OC. The van der Waals surface area contributed by atoms with Crippen molar-refractivity contribution in [2.75, 3.05) is 25.3 Å². The number of hydrazine groups is 1. The molecule has 2 amide bonds. The van der Waals surface area contributed by atoms with Gasteiger partial charge in [-0.05, 0) is 31.2 Å². The Morgan fingerprint density at radius 3 is 2.60 bits per heavy atom. The van der Waals surface area contributed by atoms with Crippen molar-refractivity contribution < 1.29 is 28.6 Å². The number of carbonyl (C=O) groups is 3. The molecule has 0 spiro atoms. The summed E-state index contributed by atoms with van der Waals surface area (Å²) in [5.74, 6) is -1.30. The summed E-state index contributed by atoms with van der Waals surface area (Å²) >= 11 is 6.14. The average Bonchev–Trinajstić information content (AvgIpc) is 3.01. The van der Waals surface area contributed by atoms with Crippen LogP contribution in [0.4, 0.5) is 5.69 Å². The zero-order chi connectivity index (χ0) is 21.7. The molecule has 1 aliphatic heterocycles. The molecular formula is C21H19ClN2O6. The van der Waals surface area contributed by atoms with Crippen LogP contribution < -0.4 is 19.9 Å². The van der Waals surface area contributed by atoms with E-state index < -0.39 is 17.8 Å². The standard InChI is InChI=1S/C21H19ClN2O6/c1-3-29-18(25)12-30-19-13(9-14(22)11-17(19)28-2)10-16-20(26)23-24(21(16)27)15-7-5-4-6-8-15/h4-11H,3,12H2,1-2H3,(H,23,26). The van der Waals surface area contributed by atoms with Crippen LogP contribution in [0.25, 0.3) is 6.08 Å². The fourth-order valence-electron chi connectivity index (χ4n) is 2.81. The quantitative estimate of drug-likeness (QED) is 0.412. The Hall–Kier alpha value is -3.52. The van der Waals surface area contributed by atoms with Gasteiger partial charge in [0, 0.05) is 16.7 Å².